The normalized spacial score (nSPS) is 16.2. The number of aromatic hydroxyl groups is 3. The predicted molar refractivity (Wildman–Crippen MR) is 233 cm³/mol. The molecule has 4 aromatic rings. The number of phenolic OH excluding ortho intramolecular Hbond substituents is 3. The van der Waals surface area contributed by atoms with Crippen LogP contribution < -0.4 is 17.1 Å². The molecule has 9 nitrogen and oxygen atoms in total. The molecular formula is C49H67N3O6. The van der Waals surface area contributed by atoms with Crippen LogP contribution in [0.4, 0.5) is 0 Å². The summed E-state index contributed by atoms with van der Waals surface area (Å²) in [7, 11) is 0. The van der Waals surface area contributed by atoms with Crippen molar-refractivity contribution in [1.29, 1.82) is 0 Å². The van der Waals surface area contributed by atoms with Crippen molar-refractivity contribution in [3.05, 3.63) is 118 Å². The second-order valence-corrected chi connectivity index (χ2v) is 20.5. The van der Waals surface area contributed by atoms with E-state index in [-0.39, 0.29) is 48.7 Å². The third-order valence-corrected chi connectivity index (χ3v) is 12.7. The smallest absolute Gasteiger partial charge is 0.336 e. The minimum Gasteiger partial charge on any atom is -0.507 e. The van der Waals surface area contributed by atoms with Crippen LogP contribution in [0, 0.1) is 6.92 Å². The standard InChI is InChI=1S/C49H67N3O6/c1-30-21-31(24-38(41(30)53)47(2,3)4)27-50-44(56)51(28-32-22-36(34-17-13-11-14-18-34)42(54)39(25-32)48(5,6)7)46(58)52(45(50)57)29-33-23-37(35-19-15-12-16-20-35)43(55)40(26-33)49(8,9)10/h21-26,34-35,53-55H,11-20,27-29H2,1-10H3. The number of rotatable bonds is 8. The lowest BCUT2D eigenvalue weighted by molar-refractivity contribution is 0.402. The molecule has 2 aliphatic rings. The van der Waals surface area contributed by atoms with Gasteiger partial charge in [-0.2, -0.15) is 0 Å². The molecule has 3 N–H and O–H groups in total. The molecule has 6 rings (SSSR count). The average Bonchev–Trinajstić information content (AvgIpc) is 3.15. The molecule has 0 amide bonds. The fourth-order valence-electron chi connectivity index (χ4n) is 9.37. The Bertz CT molecular complexity index is 2220. The molecular weight excluding hydrogens is 727 g/mol. The number of aryl methyl sites for hydroxylation is 1. The zero-order valence-electron chi connectivity index (χ0n) is 36.7. The lowest BCUT2D eigenvalue weighted by Gasteiger charge is -2.28. The molecule has 9 heteroatoms. The lowest BCUT2D eigenvalue weighted by atomic mass is 9.78. The number of hydrogen-bond acceptors (Lipinski definition) is 6. The summed E-state index contributed by atoms with van der Waals surface area (Å²) >= 11 is 0. The maximum atomic E-state index is 14.8. The maximum Gasteiger partial charge on any atom is 0.336 e. The summed E-state index contributed by atoms with van der Waals surface area (Å²) in [5.41, 5.74) is 3.28. The summed E-state index contributed by atoms with van der Waals surface area (Å²) in [4.78, 5) is 44.1. The van der Waals surface area contributed by atoms with Crippen LogP contribution in [0.3, 0.4) is 0 Å². The first-order valence-corrected chi connectivity index (χ1v) is 21.6. The van der Waals surface area contributed by atoms with Crippen LogP contribution in [0.15, 0.2) is 50.8 Å². The Labute approximate surface area is 344 Å². The van der Waals surface area contributed by atoms with Crippen molar-refractivity contribution >= 4 is 0 Å². The average molecular weight is 794 g/mol. The van der Waals surface area contributed by atoms with Crippen molar-refractivity contribution in [2.45, 2.75) is 181 Å². The van der Waals surface area contributed by atoms with E-state index in [1.165, 1.54) is 0 Å². The van der Waals surface area contributed by atoms with Gasteiger partial charge in [-0.05, 0) is 129 Å². The molecule has 0 unspecified atom stereocenters. The number of nitrogens with zero attached hydrogens (tertiary/aromatic N) is 3. The monoisotopic (exact) mass is 794 g/mol. The van der Waals surface area contributed by atoms with E-state index >= 15 is 0 Å². The highest BCUT2D eigenvalue weighted by atomic mass is 16.3. The quantitative estimate of drug-likeness (QED) is 0.163. The summed E-state index contributed by atoms with van der Waals surface area (Å²) in [6.07, 6.45) is 10.5. The van der Waals surface area contributed by atoms with Gasteiger partial charge in [0.1, 0.15) is 17.2 Å². The lowest BCUT2D eigenvalue weighted by Crippen LogP contribution is -2.54. The van der Waals surface area contributed by atoms with E-state index < -0.39 is 33.3 Å². The molecule has 58 heavy (non-hydrogen) atoms. The van der Waals surface area contributed by atoms with E-state index in [9.17, 15) is 29.7 Å². The maximum absolute atomic E-state index is 14.8. The Balaban J connectivity index is 1.56. The molecule has 2 saturated carbocycles. The Kier molecular flexibility index (Phi) is 12.1. The summed E-state index contributed by atoms with van der Waals surface area (Å²) in [6.45, 7) is 19.8. The van der Waals surface area contributed by atoms with Gasteiger partial charge in [0, 0.05) is 0 Å². The Morgan fingerprint density at radius 3 is 1.07 bits per heavy atom. The number of aromatic nitrogens is 3. The number of phenols is 3. The molecule has 314 valence electrons. The minimum atomic E-state index is -0.720. The Morgan fingerprint density at radius 2 is 0.759 bits per heavy atom. The van der Waals surface area contributed by atoms with Crippen molar-refractivity contribution < 1.29 is 15.3 Å². The molecule has 0 aliphatic heterocycles. The van der Waals surface area contributed by atoms with Gasteiger partial charge in [-0.1, -0.05) is 119 Å². The van der Waals surface area contributed by atoms with Crippen LogP contribution in [-0.4, -0.2) is 29.0 Å². The topological polar surface area (TPSA) is 127 Å². The van der Waals surface area contributed by atoms with E-state index in [4.69, 9.17) is 0 Å². The second-order valence-electron chi connectivity index (χ2n) is 20.5. The summed E-state index contributed by atoms with van der Waals surface area (Å²) in [5, 5.41) is 34.3. The van der Waals surface area contributed by atoms with Crippen LogP contribution in [-0.2, 0) is 35.9 Å². The van der Waals surface area contributed by atoms with Gasteiger partial charge in [-0.15, -0.1) is 0 Å². The van der Waals surface area contributed by atoms with E-state index in [0.717, 1.165) is 100 Å². The SMILES string of the molecule is Cc1cc(Cn2c(=O)n(Cc3cc(C4CCCCC4)c(O)c(C(C)(C)C)c3)c(=O)n(Cc3cc(C4CCCCC4)c(O)c(C(C)(C)C)c3)c2=O)cc(C(C)(C)C)c1O. The molecule has 0 bridgehead atoms. The van der Waals surface area contributed by atoms with Crippen molar-refractivity contribution in [1.82, 2.24) is 13.7 Å². The van der Waals surface area contributed by atoms with E-state index in [2.05, 4.69) is 0 Å². The van der Waals surface area contributed by atoms with Gasteiger partial charge in [0.2, 0.25) is 0 Å². The predicted octanol–water partition coefficient (Wildman–Crippen LogP) is 9.73. The first-order valence-electron chi connectivity index (χ1n) is 21.6. The minimum absolute atomic E-state index is 0.0843. The van der Waals surface area contributed by atoms with E-state index in [1.807, 2.05) is 92.6 Å². The molecule has 0 spiro atoms. The van der Waals surface area contributed by atoms with Crippen molar-refractivity contribution in [3.63, 3.8) is 0 Å². The van der Waals surface area contributed by atoms with Crippen LogP contribution in [0.2, 0.25) is 0 Å². The molecule has 3 aromatic carbocycles. The van der Waals surface area contributed by atoms with Gasteiger partial charge < -0.3 is 15.3 Å². The summed E-state index contributed by atoms with van der Waals surface area (Å²) < 4.78 is 3.46. The number of hydrogen-bond donors (Lipinski definition) is 3. The fourth-order valence-corrected chi connectivity index (χ4v) is 9.37. The highest BCUT2D eigenvalue weighted by Crippen LogP contribution is 2.44. The first kappa shape index (κ1) is 43.1. The van der Waals surface area contributed by atoms with Crippen molar-refractivity contribution in [2.24, 2.45) is 0 Å². The highest BCUT2D eigenvalue weighted by Gasteiger charge is 2.29. The molecule has 0 atom stereocenters. The van der Waals surface area contributed by atoms with E-state index in [1.54, 1.807) is 13.0 Å². The van der Waals surface area contributed by atoms with Crippen molar-refractivity contribution in [3.8, 4) is 17.2 Å². The number of benzene rings is 3. The Morgan fingerprint density at radius 1 is 0.466 bits per heavy atom. The van der Waals surface area contributed by atoms with Gasteiger partial charge in [0.15, 0.2) is 0 Å². The van der Waals surface area contributed by atoms with Crippen molar-refractivity contribution in [2.75, 3.05) is 0 Å². The molecule has 0 saturated heterocycles. The molecule has 0 radical (unpaired) electrons. The summed E-state index contributed by atoms with van der Waals surface area (Å²) in [6, 6.07) is 11.3. The van der Waals surface area contributed by atoms with Gasteiger partial charge >= 0.3 is 17.1 Å². The Hall–Kier alpha value is -4.53. The first-order chi connectivity index (χ1) is 27.1. The molecule has 1 aromatic heterocycles. The summed E-state index contributed by atoms with van der Waals surface area (Å²) in [5.74, 6) is 1.10. The van der Waals surface area contributed by atoms with Crippen LogP contribution in [0.25, 0.3) is 0 Å². The zero-order chi connectivity index (χ0) is 42.5. The third kappa shape index (κ3) is 8.89. The molecule has 2 aliphatic carbocycles. The van der Waals surface area contributed by atoms with E-state index in [0.29, 0.717) is 27.8 Å². The second kappa shape index (κ2) is 16.3. The van der Waals surface area contributed by atoms with Crippen LogP contribution >= 0.6 is 0 Å². The van der Waals surface area contributed by atoms with Gasteiger partial charge in [0.05, 0.1) is 19.6 Å². The van der Waals surface area contributed by atoms with Gasteiger partial charge in [-0.3, -0.25) is 0 Å². The van der Waals surface area contributed by atoms with Crippen LogP contribution in [0.5, 0.6) is 17.2 Å². The third-order valence-electron chi connectivity index (χ3n) is 12.7. The van der Waals surface area contributed by atoms with Gasteiger partial charge in [-0.25, -0.2) is 28.1 Å². The largest absolute Gasteiger partial charge is 0.507 e. The molecule has 2 fully saturated rings. The van der Waals surface area contributed by atoms with Gasteiger partial charge in [0.25, 0.3) is 0 Å². The molecule has 1 heterocycles. The zero-order valence-corrected chi connectivity index (χ0v) is 36.7. The van der Waals surface area contributed by atoms with Crippen LogP contribution in [0.1, 0.15) is 188 Å². The highest BCUT2D eigenvalue weighted by molar-refractivity contribution is 5.50. The fraction of sp³-hybridized carbons (Fsp3) is 0.571.